The van der Waals surface area contributed by atoms with E-state index in [0.717, 1.165) is 4.47 Å². The number of aromatic nitrogens is 2. The van der Waals surface area contributed by atoms with Gasteiger partial charge in [-0.15, -0.1) is 0 Å². The topological polar surface area (TPSA) is 89.5 Å². The first kappa shape index (κ1) is 17.4. The van der Waals surface area contributed by atoms with Crippen molar-refractivity contribution < 1.29 is 9.72 Å². The minimum Gasteiger partial charge on any atom is -0.319 e. The fraction of sp³-hybridized carbons (Fsp3) is 0.125. The number of carbonyl (C=O) groups excluding carboxylic acids is 1. The van der Waals surface area contributed by atoms with Crippen LogP contribution in [-0.4, -0.2) is 20.2 Å². The summed E-state index contributed by atoms with van der Waals surface area (Å²) in [7, 11) is 0. The van der Waals surface area contributed by atoms with Crippen molar-refractivity contribution in [1.29, 1.82) is 0 Å². The molecule has 0 aliphatic carbocycles. The number of nitro groups is 1. The number of fused-ring (bicyclic) bond motifs is 1. The molecular formula is C16H12BrClN4O3. The van der Waals surface area contributed by atoms with Gasteiger partial charge in [0, 0.05) is 22.8 Å². The molecule has 0 bridgehead atoms. The first-order chi connectivity index (χ1) is 11.9. The number of hydrogen-bond donors (Lipinski definition) is 1. The van der Waals surface area contributed by atoms with E-state index in [9.17, 15) is 14.9 Å². The Labute approximate surface area is 155 Å². The first-order valence-corrected chi connectivity index (χ1v) is 8.49. The molecule has 0 unspecified atom stereocenters. The van der Waals surface area contributed by atoms with Crippen LogP contribution in [0.4, 0.5) is 11.4 Å². The molecule has 0 saturated heterocycles. The zero-order valence-electron chi connectivity index (χ0n) is 13.0. The summed E-state index contributed by atoms with van der Waals surface area (Å²) in [5, 5.41) is 13.6. The van der Waals surface area contributed by atoms with Gasteiger partial charge >= 0.3 is 0 Å². The molecule has 25 heavy (non-hydrogen) atoms. The first-order valence-electron chi connectivity index (χ1n) is 7.32. The highest BCUT2D eigenvalue weighted by Crippen LogP contribution is 2.27. The maximum absolute atomic E-state index is 12.8. The molecule has 0 aliphatic heterocycles. The summed E-state index contributed by atoms with van der Waals surface area (Å²) in [6.45, 7) is 1.91. The molecule has 1 amide bonds. The van der Waals surface area contributed by atoms with Crippen molar-refractivity contribution in [3.05, 3.63) is 67.5 Å². The third-order valence-corrected chi connectivity index (χ3v) is 4.40. The number of aryl methyl sites for hydroxylation is 1. The van der Waals surface area contributed by atoms with E-state index in [1.807, 2.05) is 13.0 Å². The molecule has 2 aromatic heterocycles. The third kappa shape index (κ3) is 3.35. The molecule has 0 saturated carbocycles. The number of nitrogens with zero attached hydrogens (tertiary/aromatic N) is 3. The van der Waals surface area contributed by atoms with Gasteiger partial charge in [0.25, 0.3) is 11.6 Å². The number of anilines is 1. The molecule has 0 spiro atoms. The van der Waals surface area contributed by atoms with Crippen molar-refractivity contribution in [2.24, 2.45) is 0 Å². The van der Waals surface area contributed by atoms with Crippen LogP contribution < -0.4 is 5.32 Å². The number of benzene rings is 1. The van der Waals surface area contributed by atoms with Crippen molar-refractivity contribution in [2.45, 2.75) is 13.3 Å². The number of imidazole rings is 1. The summed E-state index contributed by atoms with van der Waals surface area (Å²) in [6.07, 6.45) is 2.34. The van der Waals surface area contributed by atoms with Crippen LogP contribution in [0.1, 0.15) is 23.1 Å². The molecule has 7 nitrogen and oxygen atoms in total. The zero-order valence-corrected chi connectivity index (χ0v) is 15.3. The predicted octanol–water partition coefficient (Wildman–Crippen LogP) is 4.47. The Morgan fingerprint density at radius 1 is 1.40 bits per heavy atom. The summed E-state index contributed by atoms with van der Waals surface area (Å²) >= 11 is 9.43. The normalized spacial score (nSPS) is 10.8. The Morgan fingerprint density at radius 2 is 2.16 bits per heavy atom. The predicted molar refractivity (Wildman–Crippen MR) is 98.3 cm³/mol. The smallest absolute Gasteiger partial charge is 0.274 e. The van der Waals surface area contributed by atoms with Crippen molar-refractivity contribution in [3.8, 4) is 0 Å². The fourth-order valence-electron chi connectivity index (χ4n) is 2.45. The van der Waals surface area contributed by atoms with Gasteiger partial charge in [-0.1, -0.05) is 18.5 Å². The molecule has 2 heterocycles. The van der Waals surface area contributed by atoms with Crippen LogP contribution in [-0.2, 0) is 6.42 Å². The van der Waals surface area contributed by atoms with Crippen LogP contribution in [0.25, 0.3) is 5.65 Å². The summed E-state index contributed by atoms with van der Waals surface area (Å²) in [4.78, 5) is 27.5. The van der Waals surface area contributed by atoms with E-state index in [1.165, 1.54) is 18.2 Å². The van der Waals surface area contributed by atoms with E-state index in [2.05, 4.69) is 26.2 Å². The number of nitrogens with one attached hydrogen (secondary N) is 1. The highest BCUT2D eigenvalue weighted by Gasteiger charge is 2.20. The number of rotatable bonds is 4. The SMILES string of the molecule is CCc1nc2ccc(Br)cn2c1C(=O)Nc1ccc([N+](=O)[O-])cc1Cl. The Hall–Kier alpha value is -2.45. The van der Waals surface area contributed by atoms with E-state index in [-0.39, 0.29) is 10.7 Å². The standard InChI is InChI=1S/C16H12BrClN4O3/c1-2-12-15(21-8-9(17)3-6-14(21)19-12)16(23)20-13-5-4-10(22(24)25)7-11(13)18/h3-8H,2H2,1H3,(H,20,23). The monoisotopic (exact) mass is 422 g/mol. The van der Waals surface area contributed by atoms with Crippen molar-refractivity contribution in [3.63, 3.8) is 0 Å². The highest BCUT2D eigenvalue weighted by molar-refractivity contribution is 9.10. The van der Waals surface area contributed by atoms with Crippen molar-refractivity contribution >= 4 is 50.5 Å². The minimum atomic E-state index is -0.547. The second kappa shape index (κ2) is 6.81. The molecule has 1 N–H and O–H groups in total. The molecular weight excluding hydrogens is 412 g/mol. The zero-order chi connectivity index (χ0) is 18.1. The van der Waals surface area contributed by atoms with Gasteiger partial charge in [0.15, 0.2) is 0 Å². The van der Waals surface area contributed by atoms with Gasteiger partial charge in [-0.2, -0.15) is 0 Å². The fourth-order valence-corrected chi connectivity index (χ4v) is 3.01. The van der Waals surface area contributed by atoms with Gasteiger partial charge < -0.3 is 5.32 Å². The summed E-state index contributed by atoms with van der Waals surface area (Å²) in [5.74, 6) is -0.391. The van der Waals surface area contributed by atoms with Crippen LogP contribution >= 0.6 is 27.5 Å². The molecule has 0 radical (unpaired) electrons. The quantitative estimate of drug-likeness (QED) is 0.495. The molecule has 3 rings (SSSR count). The van der Waals surface area contributed by atoms with Gasteiger partial charge in [-0.25, -0.2) is 4.98 Å². The Kier molecular flexibility index (Phi) is 4.73. The summed E-state index contributed by atoms with van der Waals surface area (Å²) in [5.41, 5.74) is 1.85. The number of hydrogen-bond acceptors (Lipinski definition) is 4. The summed E-state index contributed by atoms with van der Waals surface area (Å²) < 4.78 is 2.50. The van der Waals surface area contributed by atoms with Gasteiger partial charge in [0.2, 0.25) is 0 Å². The lowest BCUT2D eigenvalue weighted by atomic mass is 10.2. The number of pyridine rings is 1. The Bertz CT molecular complexity index is 1000. The van der Waals surface area contributed by atoms with Gasteiger partial charge in [-0.3, -0.25) is 19.3 Å². The van der Waals surface area contributed by atoms with Crippen LogP contribution in [0.5, 0.6) is 0 Å². The van der Waals surface area contributed by atoms with E-state index in [0.29, 0.717) is 29.1 Å². The van der Waals surface area contributed by atoms with Crippen LogP contribution in [0.3, 0.4) is 0 Å². The van der Waals surface area contributed by atoms with E-state index >= 15 is 0 Å². The van der Waals surface area contributed by atoms with Crippen LogP contribution in [0, 0.1) is 10.1 Å². The largest absolute Gasteiger partial charge is 0.319 e. The molecule has 1 aromatic carbocycles. The third-order valence-electron chi connectivity index (χ3n) is 3.62. The Balaban J connectivity index is 2.00. The van der Waals surface area contributed by atoms with Gasteiger partial charge in [0.1, 0.15) is 11.3 Å². The van der Waals surface area contributed by atoms with Crippen molar-refractivity contribution in [2.75, 3.05) is 5.32 Å². The molecule has 0 fully saturated rings. The number of carbonyl (C=O) groups is 1. The molecule has 0 atom stereocenters. The molecule has 3 aromatic rings. The van der Waals surface area contributed by atoms with Crippen LogP contribution in [0.15, 0.2) is 41.0 Å². The number of amides is 1. The maximum atomic E-state index is 12.8. The second-order valence-electron chi connectivity index (χ2n) is 5.21. The lowest BCUT2D eigenvalue weighted by Crippen LogP contribution is -2.16. The van der Waals surface area contributed by atoms with Gasteiger partial charge in [-0.05, 0) is 40.5 Å². The van der Waals surface area contributed by atoms with Gasteiger partial charge in [0.05, 0.1) is 21.3 Å². The molecule has 0 aliphatic rings. The average Bonchev–Trinajstić information content (AvgIpc) is 2.94. The Morgan fingerprint density at radius 3 is 2.80 bits per heavy atom. The minimum absolute atomic E-state index is 0.0931. The number of non-ortho nitro benzene ring substituents is 1. The molecule has 9 heteroatoms. The molecule has 128 valence electrons. The number of nitro benzene ring substituents is 1. The van der Waals surface area contributed by atoms with E-state index < -0.39 is 10.8 Å². The second-order valence-corrected chi connectivity index (χ2v) is 6.53. The lowest BCUT2D eigenvalue weighted by molar-refractivity contribution is -0.384. The lowest BCUT2D eigenvalue weighted by Gasteiger charge is -2.08. The van der Waals surface area contributed by atoms with Crippen LogP contribution in [0.2, 0.25) is 5.02 Å². The van der Waals surface area contributed by atoms with Crippen molar-refractivity contribution in [1.82, 2.24) is 9.38 Å². The summed E-state index contributed by atoms with van der Waals surface area (Å²) in [6, 6.07) is 7.54. The van der Waals surface area contributed by atoms with E-state index in [1.54, 1.807) is 16.7 Å². The average molecular weight is 424 g/mol. The number of halogens is 2. The van der Waals surface area contributed by atoms with E-state index in [4.69, 9.17) is 11.6 Å². The maximum Gasteiger partial charge on any atom is 0.274 e. The highest BCUT2D eigenvalue weighted by atomic mass is 79.9.